The monoisotopic (exact) mass is 149 g/mol. The maximum Gasteiger partial charge on any atom is 0.137 e. The van der Waals surface area contributed by atoms with Crippen LogP contribution in [0.2, 0.25) is 0 Å². The van der Waals surface area contributed by atoms with Crippen molar-refractivity contribution in [2.75, 3.05) is 6.54 Å². The van der Waals surface area contributed by atoms with Crippen LogP contribution in [-0.2, 0) is 4.79 Å². The molecule has 1 aliphatic heterocycles. The highest BCUT2D eigenvalue weighted by Crippen LogP contribution is 2.24. The van der Waals surface area contributed by atoms with E-state index in [1.54, 1.807) is 0 Å². The van der Waals surface area contributed by atoms with Gasteiger partial charge in [-0.05, 0) is 29.8 Å². The molecule has 0 radical (unpaired) electrons. The van der Waals surface area contributed by atoms with E-state index in [0.717, 1.165) is 19.4 Å². The van der Waals surface area contributed by atoms with Gasteiger partial charge in [-0.15, -0.1) is 0 Å². The van der Waals surface area contributed by atoms with Gasteiger partial charge in [-0.1, -0.05) is 0 Å². The number of carbonyl (C=O) groups is 1. The van der Waals surface area contributed by atoms with E-state index < -0.39 is 0 Å². The zero-order valence-corrected chi connectivity index (χ0v) is 6.39. The summed E-state index contributed by atoms with van der Waals surface area (Å²) in [6, 6.07) is 0. The minimum absolute atomic E-state index is 0.385. The molecular formula is C9H11NO. The summed E-state index contributed by atoms with van der Waals surface area (Å²) in [5.41, 5.74) is 2.67. The summed E-state index contributed by atoms with van der Waals surface area (Å²) >= 11 is 0. The number of ketones is 1. The molecule has 0 spiro atoms. The fraction of sp³-hybridized carbons (Fsp3) is 0.444. The van der Waals surface area contributed by atoms with E-state index in [2.05, 4.69) is 5.32 Å². The predicted octanol–water partition coefficient (Wildman–Crippen LogP) is 1.15. The van der Waals surface area contributed by atoms with Crippen LogP contribution >= 0.6 is 0 Å². The summed E-state index contributed by atoms with van der Waals surface area (Å²) < 4.78 is 0. The molecule has 0 saturated heterocycles. The molecule has 0 aromatic heterocycles. The van der Waals surface area contributed by atoms with E-state index in [-0.39, 0.29) is 0 Å². The number of rotatable bonds is 0. The van der Waals surface area contributed by atoms with Crippen LogP contribution < -0.4 is 5.32 Å². The highest BCUT2D eigenvalue weighted by Gasteiger charge is 2.17. The van der Waals surface area contributed by atoms with E-state index in [1.807, 2.05) is 12.3 Å². The molecule has 0 bridgehead atoms. The summed E-state index contributed by atoms with van der Waals surface area (Å²) in [4.78, 5) is 11.0. The van der Waals surface area contributed by atoms with Gasteiger partial charge in [0.25, 0.3) is 0 Å². The first-order chi connectivity index (χ1) is 5.36. The summed E-state index contributed by atoms with van der Waals surface area (Å²) in [6.45, 7) is 0.944. The second-order valence-corrected chi connectivity index (χ2v) is 3.06. The van der Waals surface area contributed by atoms with Crippen molar-refractivity contribution in [3.8, 4) is 0 Å². The third kappa shape index (κ3) is 1.20. The number of dihydropyridines is 1. The number of allylic oxidation sites excluding steroid dienone is 2. The Hall–Kier alpha value is -1.05. The van der Waals surface area contributed by atoms with Gasteiger partial charge in [0, 0.05) is 19.4 Å². The molecule has 0 saturated carbocycles. The number of hydrogen-bond acceptors (Lipinski definition) is 2. The largest absolute Gasteiger partial charge is 0.387 e. The van der Waals surface area contributed by atoms with Gasteiger partial charge in [-0.25, -0.2) is 0 Å². The number of Topliss-reactive ketones (excluding diaryl/α,β-unsaturated/α-hetero) is 1. The van der Waals surface area contributed by atoms with Gasteiger partial charge in [0.05, 0.1) is 0 Å². The van der Waals surface area contributed by atoms with Crippen molar-refractivity contribution >= 4 is 5.78 Å². The van der Waals surface area contributed by atoms with Crippen LogP contribution in [0, 0.1) is 0 Å². The highest BCUT2D eigenvalue weighted by molar-refractivity contribution is 5.83. The van der Waals surface area contributed by atoms with E-state index in [4.69, 9.17) is 0 Å². The molecule has 2 heteroatoms. The molecule has 0 amide bonds. The lowest BCUT2D eigenvalue weighted by molar-refractivity contribution is -0.118. The number of nitrogens with one attached hydrogen (secondary N) is 1. The molecule has 2 aliphatic rings. The van der Waals surface area contributed by atoms with Crippen LogP contribution in [-0.4, -0.2) is 12.3 Å². The standard InChI is InChI=1S/C9H11NO/c11-9-2-1-8-6-10-4-3-7(8)5-9/h3-4,10H,1-2,5-6H2. The quantitative estimate of drug-likeness (QED) is 0.560. The van der Waals surface area contributed by atoms with Crippen molar-refractivity contribution in [2.45, 2.75) is 19.3 Å². The predicted molar refractivity (Wildman–Crippen MR) is 43.0 cm³/mol. The Balaban J connectivity index is 2.26. The third-order valence-corrected chi connectivity index (χ3v) is 2.27. The molecule has 0 aromatic carbocycles. The second-order valence-electron chi connectivity index (χ2n) is 3.06. The van der Waals surface area contributed by atoms with Crippen LogP contribution in [0.4, 0.5) is 0 Å². The van der Waals surface area contributed by atoms with Gasteiger partial charge in [-0.3, -0.25) is 4.79 Å². The summed E-state index contributed by atoms with van der Waals surface area (Å²) in [7, 11) is 0. The van der Waals surface area contributed by atoms with Crippen molar-refractivity contribution in [3.05, 3.63) is 23.4 Å². The molecule has 0 aromatic rings. The molecular weight excluding hydrogens is 138 g/mol. The van der Waals surface area contributed by atoms with Gasteiger partial charge in [0.15, 0.2) is 0 Å². The maximum atomic E-state index is 11.0. The first-order valence-corrected chi connectivity index (χ1v) is 3.99. The van der Waals surface area contributed by atoms with Crippen molar-refractivity contribution in [2.24, 2.45) is 0 Å². The number of carbonyl (C=O) groups excluding carboxylic acids is 1. The van der Waals surface area contributed by atoms with Crippen LogP contribution in [0.3, 0.4) is 0 Å². The summed E-state index contributed by atoms with van der Waals surface area (Å²) in [5.74, 6) is 0.385. The van der Waals surface area contributed by atoms with E-state index >= 15 is 0 Å². The first-order valence-electron chi connectivity index (χ1n) is 3.99. The van der Waals surface area contributed by atoms with Crippen LogP contribution in [0.1, 0.15) is 19.3 Å². The Bertz CT molecular complexity index is 250. The highest BCUT2D eigenvalue weighted by atomic mass is 16.1. The summed E-state index contributed by atoms with van der Waals surface area (Å²) in [6.07, 6.45) is 6.32. The Kier molecular flexibility index (Phi) is 1.53. The SMILES string of the molecule is O=C1CCC2=C(C=CNC2)C1. The fourth-order valence-corrected chi connectivity index (χ4v) is 1.60. The Morgan fingerprint density at radius 3 is 3.18 bits per heavy atom. The van der Waals surface area contributed by atoms with E-state index in [9.17, 15) is 4.79 Å². The van der Waals surface area contributed by atoms with E-state index in [1.165, 1.54) is 11.1 Å². The first kappa shape index (κ1) is 6.65. The van der Waals surface area contributed by atoms with Crippen LogP contribution in [0.15, 0.2) is 23.4 Å². The Morgan fingerprint density at radius 2 is 2.27 bits per heavy atom. The van der Waals surface area contributed by atoms with E-state index in [0.29, 0.717) is 12.2 Å². The molecule has 0 fully saturated rings. The molecule has 0 unspecified atom stereocenters. The van der Waals surface area contributed by atoms with Crippen LogP contribution in [0.25, 0.3) is 0 Å². The van der Waals surface area contributed by atoms with Gasteiger partial charge < -0.3 is 5.32 Å². The van der Waals surface area contributed by atoms with Gasteiger partial charge in [0.2, 0.25) is 0 Å². The average Bonchev–Trinajstić information content (AvgIpc) is 2.04. The Morgan fingerprint density at radius 1 is 1.36 bits per heavy atom. The molecule has 2 nitrogen and oxygen atoms in total. The number of hydrogen-bond donors (Lipinski definition) is 1. The molecule has 58 valence electrons. The van der Waals surface area contributed by atoms with Gasteiger partial charge >= 0.3 is 0 Å². The second kappa shape index (κ2) is 2.53. The smallest absolute Gasteiger partial charge is 0.137 e. The fourth-order valence-electron chi connectivity index (χ4n) is 1.60. The lowest BCUT2D eigenvalue weighted by atomic mass is 9.89. The van der Waals surface area contributed by atoms with Crippen LogP contribution in [0.5, 0.6) is 0 Å². The summed E-state index contributed by atoms with van der Waals surface area (Å²) in [5, 5.41) is 3.15. The molecule has 11 heavy (non-hydrogen) atoms. The molecule has 1 aliphatic carbocycles. The average molecular weight is 149 g/mol. The molecule has 1 heterocycles. The normalized spacial score (nSPS) is 23.1. The maximum absolute atomic E-state index is 11.0. The zero-order chi connectivity index (χ0) is 7.68. The van der Waals surface area contributed by atoms with Gasteiger partial charge in [-0.2, -0.15) is 0 Å². The topological polar surface area (TPSA) is 29.1 Å². The lowest BCUT2D eigenvalue weighted by Crippen LogP contribution is -2.20. The molecule has 0 atom stereocenters. The van der Waals surface area contributed by atoms with Crippen molar-refractivity contribution in [1.29, 1.82) is 0 Å². The zero-order valence-electron chi connectivity index (χ0n) is 6.39. The van der Waals surface area contributed by atoms with Crippen molar-refractivity contribution in [3.63, 3.8) is 0 Å². The van der Waals surface area contributed by atoms with Gasteiger partial charge in [0.1, 0.15) is 5.78 Å². The van der Waals surface area contributed by atoms with Crippen molar-refractivity contribution < 1.29 is 4.79 Å². The lowest BCUT2D eigenvalue weighted by Gasteiger charge is -2.20. The third-order valence-electron chi connectivity index (χ3n) is 2.27. The minimum atomic E-state index is 0.385. The van der Waals surface area contributed by atoms with Crippen molar-refractivity contribution in [1.82, 2.24) is 5.32 Å². The molecule has 2 rings (SSSR count). The molecule has 1 N–H and O–H groups in total. The minimum Gasteiger partial charge on any atom is -0.387 e. The Labute approximate surface area is 66.0 Å².